The van der Waals surface area contributed by atoms with Crippen LogP contribution < -0.4 is 15.5 Å². The summed E-state index contributed by atoms with van der Waals surface area (Å²) in [6, 6.07) is 4.28. The smallest absolute Gasteiger partial charge is 0.398 e. The number of rotatable bonds is 4. The topological polar surface area (TPSA) is 109 Å². The number of carbonyl (C=O) groups is 2. The molecule has 6 rings (SSSR count). The van der Waals surface area contributed by atoms with E-state index in [-0.39, 0.29) is 12.1 Å². The third-order valence-corrected chi connectivity index (χ3v) is 7.59. The van der Waals surface area contributed by atoms with Crippen LogP contribution in [0.2, 0.25) is 0 Å². The molecule has 36 heavy (non-hydrogen) atoms. The standard InChI is InChI=1S/C25H28FN7O3/c1-3-32-15-4-5-16(32)12-30(11-15)19-6-7-28-24-17(19)8-22(36-25(35)23(27)34)33(24)20-13-31-10-14(2)29-21(31)9-18(20)26/h6-7,9-10,13,15-16,22H,3-5,8,11-12H2,1-2H3,(H2,27,34). The van der Waals surface area contributed by atoms with Gasteiger partial charge in [0.25, 0.3) is 0 Å². The van der Waals surface area contributed by atoms with Gasteiger partial charge in [-0.25, -0.2) is 19.2 Å². The van der Waals surface area contributed by atoms with Crippen molar-refractivity contribution in [2.75, 3.05) is 29.4 Å². The van der Waals surface area contributed by atoms with Gasteiger partial charge in [-0.1, -0.05) is 6.92 Å². The quantitative estimate of drug-likeness (QED) is 0.434. The van der Waals surface area contributed by atoms with Crippen LogP contribution in [0.25, 0.3) is 5.65 Å². The second kappa shape index (κ2) is 8.44. The Morgan fingerprint density at radius 2 is 1.94 bits per heavy atom. The fraction of sp³-hybridized carbons (Fsp3) is 0.440. The number of hydrogen-bond acceptors (Lipinski definition) is 8. The van der Waals surface area contributed by atoms with Crippen LogP contribution in [0.5, 0.6) is 0 Å². The molecule has 0 aromatic carbocycles. The molecule has 3 aliphatic heterocycles. The zero-order valence-corrected chi connectivity index (χ0v) is 20.2. The summed E-state index contributed by atoms with van der Waals surface area (Å²) in [4.78, 5) is 39.1. The molecular weight excluding hydrogens is 465 g/mol. The maximum atomic E-state index is 15.4. The second-order valence-electron chi connectivity index (χ2n) is 9.71. The highest BCUT2D eigenvalue weighted by Gasteiger charge is 2.43. The highest BCUT2D eigenvalue weighted by molar-refractivity contribution is 6.31. The summed E-state index contributed by atoms with van der Waals surface area (Å²) in [5.41, 5.74) is 8.39. The summed E-state index contributed by atoms with van der Waals surface area (Å²) in [5, 5.41) is 0. The minimum atomic E-state index is -1.20. The van der Waals surface area contributed by atoms with Crippen LogP contribution >= 0.6 is 0 Å². The van der Waals surface area contributed by atoms with Crippen molar-refractivity contribution in [1.82, 2.24) is 19.3 Å². The lowest BCUT2D eigenvalue weighted by Crippen LogP contribution is -2.53. The Bertz CT molecular complexity index is 1360. The molecule has 2 fully saturated rings. The number of primary amides is 1. The number of nitrogens with two attached hydrogens (primary N) is 1. The average Bonchev–Trinajstić information content (AvgIpc) is 3.47. The number of fused-ring (bicyclic) bond motifs is 4. The van der Waals surface area contributed by atoms with E-state index in [0.717, 1.165) is 36.6 Å². The van der Waals surface area contributed by atoms with Gasteiger partial charge in [0.1, 0.15) is 11.5 Å². The summed E-state index contributed by atoms with van der Waals surface area (Å²) in [6.07, 6.45) is 6.70. The number of anilines is 3. The number of amides is 1. The van der Waals surface area contributed by atoms with E-state index in [0.29, 0.717) is 23.5 Å². The molecule has 3 aliphatic rings. The molecule has 0 radical (unpaired) electrons. The first kappa shape index (κ1) is 22.7. The van der Waals surface area contributed by atoms with E-state index in [1.165, 1.54) is 18.9 Å². The van der Waals surface area contributed by atoms with E-state index in [9.17, 15) is 9.59 Å². The number of piperazine rings is 1. The Kier molecular flexibility index (Phi) is 5.32. The SMILES string of the molecule is CCN1C2CCC1CN(c1ccnc3c1CC(OC(=O)C(N)=O)N3c1cn3cc(C)nc3cc1F)C2. The van der Waals surface area contributed by atoms with Crippen LogP contribution in [-0.4, -0.2) is 69.1 Å². The summed E-state index contributed by atoms with van der Waals surface area (Å²) in [7, 11) is 0. The van der Waals surface area contributed by atoms with Gasteiger partial charge >= 0.3 is 11.9 Å². The molecule has 3 aromatic rings. The molecule has 3 atom stereocenters. The van der Waals surface area contributed by atoms with E-state index in [1.807, 2.05) is 13.0 Å². The van der Waals surface area contributed by atoms with E-state index in [4.69, 9.17) is 10.5 Å². The zero-order chi connectivity index (χ0) is 25.1. The highest BCUT2D eigenvalue weighted by atomic mass is 19.1. The number of esters is 1. The van der Waals surface area contributed by atoms with Crippen LogP contribution in [0.3, 0.4) is 0 Å². The van der Waals surface area contributed by atoms with Crippen LogP contribution in [-0.2, 0) is 20.7 Å². The van der Waals surface area contributed by atoms with Crippen molar-refractivity contribution < 1.29 is 18.7 Å². The van der Waals surface area contributed by atoms with Gasteiger partial charge in [0.15, 0.2) is 12.0 Å². The predicted octanol–water partition coefficient (Wildman–Crippen LogP) is 1.90. The second-order valence-corrected chi connectivity index (χ2v) is 9.71. The van der Waals surface area contributed by atoms with Crippen molar-refractivity contribution in [3.63, 3.8) is 0 Å². The lowest BCUT2D eigenvalue weighted by molar-refractivity contribution is -0.157. The molecule has 3 aromatic heterocycles. The molecule has 0 spiro atoms. The average molecular weight is 494 g/mol. The summed E-state index contributed by atoms with van der Waals surface area (Å²) in [5.74, 6) is -2.42. The third-order valence-electron chi connectivity index (χ3n) is 7.59. The number of carbonyl (C=O) groups excluding carboxylic acids is 2. The van der Waals surface area contributed by atoms with Crippen LogP contribution in [0, 0.1) is 12.7 Å². The maximum absolute atomic E-state index is 15.4. The molecule has 10 nitrogen and oxygen atoms in total. The van der Waals surface area contributed by atoms with Crippen LogP contribution in [0.1, 0.15) is 31.0 Å². The number of hydrogen-bond donors (Lipinski definition) is 1. The van der Waals surface area contributed by atoms with E-state index < -0.39 is 23.9 Å². The lowest BCUT2D eigenvalue weighted by Gasteiger charge is -2.42. The Morgan fingerprint density at radius 1 is 1.19 bits per heavy atom. The maximum Gasteiger partial charge on any atom is 0.398 e. The number of pyridine rings is 2. The molecule has 2 N–H and O–H groups in total. The van der Waals surface area contributed by atoms with Crippen molar-refractivity contribution in [3.05, 3.63) is 47.8 Å². The van der Waals surface area contributed by atoms with Gasteiger partial charge in [-0.15, -0.1) is 0 Å². The van der Waals surface area contributed by atoms with Gasteiger partial charge in [0.2, 0.25) is 0 Å². The molecule has 0 saturated carbocycles. The molecule has 11 heteroatoms. The van der Waals surface area contributed by atoms with Crippen molar-refractivity contribution in [2.24, 2.45) is 5.73 Å². The summed E-state index contributed by atoms with van der Waals surface area (Å²) >= 11 is 0. The van der Waals surface area contributed by atoms with E-state index >= 15 is 4.39 Å². The van der Waals surface area contributed by atoms with Gasteiger partial charge in [0.05, 0.1) is 11.4 Å². The summed E-state index contributed by atoms with van der Waals surface area (Å²) in [6.45, 7) is 6.84. The first-order valence-electron chi connectivity index (χ1n) is 12.3. The number of ether oxygens (including phenoxy) is 1. The Labute approximate surface area is 207 Å². The van der Waals surface area contributed by atoms with Crippen LogP contribution in [0.4, 0.5) is 21.6 Å². The molecular formula is C25H28FN7O3. The Hall–Kier alpha value is -3.73. The molecule has 2 saturated heterocycles. The third kappa shape index (κ3) is 3.57. The largest absolute Gasteiger partial charge is 0.434 e. The lowest BCUT2D eigenvalue weighted by atomic mass is 10.1. The predicted molar refractivity (Wildman–Crippen MR) is 130 cm³/mol. The van der Waals surface area contributed by atoms with Gasteiger partial charge in [0, 0.05) is 67.5 Å². The number of likely N-dealkylation sites (N-methyl/N-ethyl adjacent to an activating group) is 1. The highest BCUT2D eigenvalue weighted by Crippen LogP contribution is 2.44. The van der Waals surface area contributed by atoms with Crippen molar-refractivity contribution >= 4 is 34.7 Å². The first-order chi connectivity index (χ1) is 17.3. The number of halogens is 1. The number of imidazole rings is 1. The molecule has 3 unspecified atom stereocenters. The Morgan fingerprint density at radius 3 is 2.64 bits per heavy atom. The minimum Gasteiger partial charge on any atom is -0.434 e. The first-order valence-corrected chi connectivity index (χ1v) is 12.3. The van der Waals surface area contributed by atoms with Crippen LogP contribution in [0.15, 0.2) is 30.7 Å². The van der Waals surface area contributed by atoms with Crippen molar-refractivity contribution in [1.29, 1.82) is 0 Å². The molecule has 1 amide bonds. The monoisotopic (exact) mass is 493 g/mol. The number of aryl methyl sites for hydroxylation is 1. The Balaban J connectivity index is 1.43. The molecule has 0 aliphatic carbocycles. The van der Waals surface area contributed by atoms with Crippen molar-refractivity contribution in [2.45, 2.75) is 51.4 Å². The fourth-order valence-corrected chi connectivity index (χ4v) is 6.12. The molecule has 2 bridgehead atoms. The molecule has 188 valence electrons. The van der Waals surface area contributed by atoms with Gasteiger partial charge in [-0.2, -0.15) is 0 Å². The zero-order valence-electron chi connectivity index (χ0n) is 20.2. The van der Waals surface area contributed by atoms with E-state index in [2.05, 4.69) is 26.7 Å². The normalized spacial score (nSPS) is 23.4. The fourth-order valence-electron chi connectivity index (χ4n) is 6.12. The minimum absolute atomic E-state index is 0.168. The van der Waals surface area contributed by atoms with Gasteiger partial charge in [-0.3, -0.25) is 14.6 Å². The number of nitrogens with zero attached hydrogens (tertiary/aromatic N) is 6. The number of aromatic nitrogens is 3. The van der Waals surface area contributed by atoms with Crippen molar-refractivity contribution in [3.8, 4) is 0 Å². The van der Waals surface area contributed by atoms with Gasteiger partial charge < -0.3 is 19.8 Å². The van der Waals surface area contributed by atoms with Gasteiger partial charge in [-0.05, 0) is 32.4 Å². The van der Waals surface area contributed by atoms with E-state index in [1.54, 1.807) is 27.9 Å². The molecule has 6 heterocycles. The summed E-state index contributed by atoms with van der Waals surface area (Å²) < 4.78 is 22.6.